The van der Waals surface area contributed by atoms with Crippen LogP contribution in [0.15, 0.2) is 42.5 Å². The zero-order valence-corrected chi connectivity index (χ0v) is 24.6. The molecule has 0 bridgehead atoms. The first-order valence-corrected chi connectivity index (χ1v) is 14.3. The third-order valence-corrected chi connectivity index (χ3v) is 7.60. The number of carbonyl (C=O) groups is 1. The van der Waals surface area contributed by atoms with Crippen molar-refractivity contribution in [2.45, 2.75) is 56.9 Å². The second-order valence-electron chi connectivity index (χ2n) is 10.8. The minimum atomic E-state index is -4.42. The highest BCUT2D eigenvalue weighted by atomic mass is 19.4. The molecule has 1 amide bonds. The molecule has 1 heterocycles. The summed E-state index contributed by atoms with van der Waals surface area (Å²) in [4.78, 5) is 14.3. The lowest BCUT2D eigenvalue weighted by Crippen LogP contribution is -2.36. The van der Waals surface area contributed by atoms with Gasteiger partial charge in [0.25, 0.3) is 5.91 Å². The monoisotopic (exact) mass is 594 g/mol. The van der Waals surface area contributed by atoms with Crippen LogP contribution in [-0.4, -0.2) is 67.9 Å². The number of halogens is 3. The van der Waals surface area contributed by atoms with Crippen LogP contribution in [0.25, 0.3) is 10.9 Å². The molecule has 2 aromatic carbocycles. The molecule has 0 atom stereocenters. The van der Waals surface area contributed by atoms with Crippen molar-refractivity contribution in [3.05, 3.63) is 53.7 Å². The zero-order valence-electron chi connectivity index (χ0n) is 24.6. The Morgan fingerprint density at radius 2 is 1.88 bits per heavy atom. The van der Waals surface area contributed by atoms with Gasteiger partial charge >= 0.3 is 6.18 Å². The highest BCUT2D eigenvalue weighted by Gasteiger charge is 2.30. The van der Waals surface area contributed by atoms with Gasteiger partial charge in [0.1, 0.15) is 18.9 Å². The molecule has 0 unspecified atom stereocenters. The molecule has 0 spiro atoms. The van der Waals surface area contributed by atoms with Crippen LogP contribution in [0, 0.1) is 23.2 Å². The number of nitrogens with one attached hydrogen (secondary N) is 3. The van der Waals surface area contributed by atoms with E-state index in [0.29, 0.717) is 33.9 Å². The van der Waals surface area contributed by atoms with Crippen LogP contribution >= 0.6 is 0 Å². The molecule has 3 N–H and O–H groups in total. The number of hydrogen-bond acceptors (Lipinski definition) is 6. The Balaban J connectivity index is 1.56. The van der Waals surface area contributed by atoms with Gasteiger partial charge in [-0.2, -0.15) is 18.4 Å². The first-order valence-electron chi connectivity index (χ1n) is 14.3. The summed E-state index contributed by atoms with van der Waals surface area (Å²) < 4.78 is 47.8. The van der Waals surface area contributed by atoms with Gasteiger partial charge in [0, 0.05) is 35.8 Å². The molecular formula is C32H37F3N6O2. The highest BCUT2D eigenvalue weighted by Crippen LogP contribution is 2.32. The molecule has 8 nitrogen and oxygen atoms in total. The van der Waals surface area contributed by atoms with Crippen molar-refractivity contribution in [1.29, 1.82) is 5.26 Å². The Labute approximate surface area is 250 Å². The minimum Gasteiger partial charge on any atom is -0.490 e. The van der Waals surface area contributed by atoms with Gasteiger partial charge in [-0.15, -0.1) is 0 Å². The molecule has 0 saturated heterocycles. The lowest BCUT2D eigenvalue weighted by molar-refractivity contribution is -0.140. The van der Waals surface area contributed by atoms with E-state index in [1.165, 1.54) is 11.6 Å². The third-order valence-electron chi connectivity index (χ3n) is 7.60. The highest BCUT2D eigenvalue weighted by molar-refractivity contribution is 5.95. The van der Waals surface area contributed by atoms with Crippen LogP contribution in [0.5, 0.6) is 5.75 Å². The van der Waals surface area contributed by atoms with Gasteiger partial charge in [-0.05, 0) is 82.1 Å². The summed E-state index contributed by atoms with van der Waals surface area (Å²) in [5.41, 5.74) is 2.48. The fourth-order valence-corrected chi connectivity index (χ4v) is 5.37. The molecule has 43 heavy (non-hydrogen) atoms. The lowest BCUT2D eigenvalue weighted by atomic mass is 9.90. The molecule has 0 aliphatic heterocycles. The minimum absolute atomic E-state index is 0.113. The van der Waals surface area contributed by atoms with Gasteiger partial charge in [-0.25, -0.2) is 0 Å². The number of aromatic nitrogens is 1. The molecule has 1 aliphatic rings. The quantitative estimate of drug-likeness (QED) is 0.209. The normalized spacial score (nSPS) is 16.7. The number of benzene rings is 2. The maximum Gasteiger partial charge on any atom is 0.406 e. The van der Waals surface area contributed by atoms with E-state index in [1.807, 2.05) is 12.1 Å². The average molecular weight is 595 g/mol. The summed E-state index contributed by atoms with van der Waals surface area (Å²) in [6.45, 7) is -0.899. The Hall–Kier alpha value is -4.35. The van der Waals surface area contributed by atoms with Gasteiger partial charge in [-0.1, -0.05) is 12.0 Å². The van der Waals surface area contributed by atoms with E-state index in [4.69, 9.17) is 10.00 Å². The molecule has 228 valence electrons. The maximum absolute atomic E-state index is 13.6. The summed E-state index contributed by atoms with van der Waals surface area (Å²) >= 11 is 0. The molecule has 1 fully saturated rings. The largest absolute Gasteiger partial charge is 0.490 e. The number of amides is 1. The van der Waals surface area contributed by atoms with Crippen molar-refractivity contribution in [2.75, 3.05) is 44.9 Å². The second-order valence-corrected chi connectivity index (χ2v) is 10.8. The average Bonchev–Trinajstić information content (AvgIpc) is 3.32. The van der Waals surface area contributed by atoms with Crippen LogP contribution in [0.3, 0.4) is 0 Å². The maximum atomic E-state index is 13.6. The predicted octanol–water partition coefficient (Wildman–Crippen LogP) is 5.60. The molecule has 1 saturated carbocycles. The van der Waals surface area contributed by atoms with Crippen molar-refractivity contribution >= 4 is 28.2 Å². The van der Waals surface area contributed by atoms with Crippen LogP contribution in [-0.2, 0) is 6.54 Å². The molecule has 0 radical (unpaired) electrons. The second kappa shape index (κ2) is 14.2. The number of alkyl halides is 3. The summed E-state index contributed by atoms with van der Waals surface area (Å²) in [7, 11) is 5.70. The predicted molar refractivity (Wildman–Crippen MR) is 162 cm³/mol. The molecule has 3 aromatic rings. The van der Waals surface area contributed by atoms with Crippen LogP contribution in [0.4, 0.5) is 24.5 Å². The molecule has 1 aromatic heterocycles. The van der Waals surface area contributed by atoms with E-state index >= 15 is 0 Å². The smallest absolute Gasteiger partial charge is 0.406 e. The van der Waals surface area contributed by atoms with Crippen LogP contribution in [0.1, 0.15) is 48.2 Å². The number of carbonyl (C=O) groups excluding carboxylic acids is 1. The van der Waals surface area contributed by atoms with E-state index in [-0.39, 0.29) is 37.2 Å². The summed E-state index contributed by atoms with van der Waals surface area (Å²) in [5, 5.41) is 18.8. The summed E-state index contributed by atoms with van der Waals surface area (Å²) in [6.07, 6.45) is -0.128. The van der Waals surface area contributed by atoms with Gasteiger partial charge in [-0.3, -0.25) is 4.79 Å². The van der Waals surface area contributed by atoms with E-state index in [1.54, 1.807) is 36.4 Å². The van der Waals surface area contributed by atoms with Gasteiger partial charge in [0.05, 0.1) is 35.9 Å². The number of fused-ring (bicyclic) bond motifs is 1. The lowest BCUT2D eigenvalue weighted by Gasteiger charge is -2.33. The van der Waals surface area contributed by atoms with Crippen molar-refractivity contribution < 1.29 is 22.7 Å². The Kier molecular flexibility index (Phi) is 10.4. The fraction of sp³-hybridized carbons (Fsp3) is 0.438. The molecule has 1 aliphatic carbocycles. The number of nitrogens with zero attached hydrogens (tertiary/aromatic N) is 3. The number of hydrogen-bond donors (Lipinski definition) is 3. The van der Waals surface area contributed by atoms with E-state index in [9.17, 15) is 18.0 Å². The Morgan fingerprint density at radius 3 is 2.56 bits per heavy atom. The van der Waals surface area contributed by atoms with Crippen molar-refractivity contribution in [3.8, 4) is 23.7 Å². The fourth-order valence-electron chi connectivity index (χ4n) is 5.37. The summed E-state index contributed by atoms with van der Waals surface area (Å²) in [5.74, 6) is 5.95. The summed E-state index contributed by atoms with van der Waals surface area (Å²) in [6, 6.07) is 14.8. The van der Waals surface area contributed by atoms with E-state index < -0.39 is 12.7 Å². The number of ether oxygens (including phenoxy) is 1. The van der Waals surface area contributed by atoms with Crippen LogP contribution < -0.4 is 20.7 Å². The van der Waals surface area contributed by atoms with Gasteiger partial charge < -0.3 is 30.2 Å². The first-order chi connectivity index (χ1) is 20.6. The molecule has 4 rings (SSSR count). The first kappa shape index (κ1) is 31.6. The van der Waals surface area contributed by atoms with Gasteiger partial charge in [0.2, 0.25) is 0 Å². The van der Waals surface area contributed by atoms with Crippen molar-refractivity contribution in [2.24, 2.45) is 0 Å². The third kappa shape index (κ3) is 8.36. The van der Waals surface area contributed by atoms with Gasteiger partial charge in [0.15, 0.2) is 0 Å². The zero-order chi connectivity index (χ0) is 31.0. The Morgan fingerprint density at radius 1 is 1.12 bits per heavy atom. The molecule has 11 heteroatoms. The van der Waals surface area contributed by atoms with E-state index in [0.717, 1.165) is 31.4 Å². The molecular weight excluding hydrogens is 557 g/mol. The number of anilines is 2. The van der Waals surface area contributed by atoms with E-state index in [2.05, 4.69) is 46.8 Å². The SMILES string of the molecule is CNC(=O)c1ccc(NCC#Cc2cc3c(NC4CCC(N(C)C)CC4)cccc3n2CC(F)(F)F)c(OCCC#N)c1. The Bertz CT molecular complexity index is 1520. The standard InChI is InChI=1S/C32H37F3N6O2/c1-37-31(42)22-10-15-28(30(19-22)43-18-6-16-36)38-17-5-7-25-20-26-27(39-23-11-13-24(14-12-23)40(2)3)8-4-9-29(26)41(25)21-32(33,34)35/h4,8-10,15,19-20,23-24,38-39H,6,11-14,17-18,21H2,1-3H3,(H,37,42). The van der Waals surface area contributed by atoms with Crippen molar-refractivity contribution in [3.63, 3.8) is 0 Å². The number of rotatable bonds is 10. The number of nitriles is 1. The van der Waals surface area contributed by atoms with Crippen LogP contribution in [0.2, 0.25) is 0 Å². The topological polar surface area (TPSA) is 94.3 Å². The van der Waals surface area contributed by atoms with Crippen molar-refractivity contribution in [1.82, 2.24) is 14.8 Å².